The van der Waals surface area contributed by atoms with Gasteiger partial charge in [-0.1, -0.05) is 17.7 Å². The molecule has 0 aromatic heterocycles. The summed E-state index contributed by atoms with van der Waals surface area (Å²) in [5.74, 6) is -6.52. The molecule has 0 radical (unpaired) electrons. The number of carboxylic acids is 1. The molecular formula is C12H14F2O3. The van der Waals surface area contributed by atoms with Crippen LogP contribution in [-0.4, -0.2) is 22.1 Å². The molecule has 1 rings (SSSR count). The van der Waals surface area contributed by atoms with Crippen molar-refractivity contribution in [3.63, 3.8) is 0 Å². The maximum atomic E-state index is 13.2. The Kier molecular flexibility index (Phi) is 3.52. The molecule has 0 aliphatic heterocycles. The molecule has 0 aliphatic carbocycles. The highest BCUT2D eigenvalue weighted by molar-refractivity contribution is 5.76. The van der Waals surface area contributed by atoms with Gasteiger partial charge in [0.2, 0.25) is 0 Å². The molecule has 0 spiro atoms. The molecule has 5 heteroatoms. The second-order valence-electron chi connectivity index (χ2n) is 4.14. The summed E-state index contributed by atoms with van der Waals surface area (Å²) in [6, 6.07) is 3.26. The van der Waals surface area contributed by atoms with Gasteiger partial charge in [-0.05, 0) is 37.5 Å². The first kappa shape index (κ1) is 13.6. The highest BCUT2D eigenvalue weighted by Crippen LogP contribution is 2.35. The highest BCUT2D eigenvalue weighted by atomic mass is 19.3. The standard InChI is InChI=1S/C12H14F2O3/c1-6-4-7(2)9(8(3)5-6)10(15)12(13,14)11(16)17/h4-5,10,15H,1-3H3,(H,16,17). The Morgan fingerprint density at radius 2 is 1.65 bits per heavy atom. The van der Waals surface area contributed by atoms with Crippen molar-refractivity contribution in [3.8, 4) is 0 Å². The van der Waals surface area contributed by atoms with Crippen LogP contribution in [0.5, 0.6) is 0 Å². The van der Waals surface area contributed by atoms with E-state index in [0.717, 1.165) is 5.56 Å². The number of carbonyl (C=O) groups is 1. The number of carboxylic acid groups (broad SMARTS) is 1. The number of hydrogen-bond acceptors (Lipinski definition) is 2. The Morgan fingerprint density at radius 3 is 2.00 bits per heavy atom. The number of benzene rings is 1. The summed E-state index contributed by atoms with van der Waals surface area (Å²) < 4.78 is 26.5. The van der Waals surface area contributed by atoms with Crippen LogP contribution in [-0.2, 0) is 4.79 Å². The van der Waals surface area contributed by atoms with E-state index in [1.165, 1.54) is 0 Å². The fraction of sp³-hybridized carbons (Fsp3) is 0.417. The van der Waals surface area contributed by atoms with E-state index in [1.54, 1.807) is 32.9 Å². The van der Waals surface area contributed by atoms with E-state index in [-0.39, 0.29) is 5.56 Å². The quantitative estimate of drug-likeness (QED) is 0.858. The fourth-order valence-electron chi connectivity index (χ4n) is 1.92. The van der Waals surface area contributed by atoms with E-state index in [1.807, 2.05) is 0 Å². The molecular weight excluding hydrogens is 230 g/mol. The van der Waals surface area contributed by atoms with Crippen LogP contribution in [0.3, 0.4) is 0 Å². The molecule has 1 unspecified atom stereocenters. The lowest BCUT2D eigenvalue weighted by atomic mass is 9.92. The Bertz CT molecular complexity index is 432. The van der Waals surface area contributed by atoms with Gasteiger partial charge in [0, 0.05) is 0 Å². The molecule has 17 heavy (non-hydrogen) atoms. The molecule has 0 fully saturated rings. The maximum absolute atomic E-state index is 13.2. The number of hydrogen-bond donors (Lipinski definition) is 2. The second kappa shape index (κ2) is 4.41. The van der Waals surface area contributed by atoms with Crippen LogP contribution in [0.25, 0.3) is 0 Å². The van der Waals surface area contributed by atoms with E-state index in [0.29, 0.717) is 11.1 Å². The van der Waals surface area contributed by atoms with E-state index >= 15 is 0 Å². The predicted molar refractivity (Wildman–Crippen MR) is 58.2 cm³/mol. The van der Waals surface area contributed by atoms with Gasteiger partial charge >= 0.3 is 11.9 Å². The number of aliphatic carboxylic acids is 1. The van der Waals surface area contributed by atoms with E-state index in [9.17, 15) is 18.7 Å². The van der Waals surface area contributed by atoms with Gasteiger partial charge in [0.05, 0.1) is 0 Å². The summed E-state index contributed by atoms with van der Waals surface area (Å²) in [6.07, 6.45) is -2.33. The number of alkyl halides is 2. The lowest BCUT2D eigenvalue weighted by Crippen LogP contribution is -2.36. The van der Waals surface area contributed by atoms with Gasteiger partial charge in [-0.15, -0.1) is 0 Å². The fourth-order valence-corrected chi connectivity index (χ4v) is 1.92. The molecule has 1 atom stereocenters. The molecule has 2 N–H and O–H groups in total. The molecule has 0 saturated carbocycles. The first-order valence-corrected chi connectivity index (χ1v) is 5.05. The van der Waals surface area contributed by atoms with Crippen molar-refractivity contribution < 1.29 is 23.8 Å². The van der Waals surface area contributed by atoms with Crippen LogP contribution in [0.15, 0.2) is 12.1 Å². The lowest BCUT2D eigenvalue weighted by molar-refractivity contribution is -0.183. The highest BCUT2D eigenvalue weighted by Gasteiger charge is 2.48. The summed E-state index contributed by atoms with van der Waals surface area (Å²) in [5, 5.41) is 17.9. The summed E-state index contributed by atoms with van der Waals surface area (Å²) in [6.45, 7) is 4.93. The van der Waals surface area contributed by atoms with Gasteiger partial charge in [0.25, 0.3) is 0 Å². The molecule has 1 aromatic rings. The Balaban J connectivity index is 3.31. The SMILES string of the molecule is Cc1cc(C)c(C(O)C(F)(F)C(=O)O)c(C)c1. The largest absolute Gasteiger partial charge is 0.477 e. The van der Waals surface area contributed by atoms with Crippen molar-refractivity contribution in [2.45, 2.75) is 32.8 Å². The van der Waals surface area contributed by atoms with Crippen LogP contribution in [0, 0.1) is 20.8 Å². The second-order valence-corrected chi connectivity index (χ2v) is 4.14. The summed E-state index contributed by atoms with van der Waals surface area (Å²) in [4.78, 5) is 10.4. The Labute approximate surface area is 97.7 Å². The zero-order valence-electron chi connectivity index (χ0n) is 9.79. The minimum absolute atomic E-state index is 0.0250. The molecule has 3 nitrogen and oxygen atoms in total. The van der Waals surface area contributed by atoms with Gasteiger partial charge in [-0.2, -0.15) is 8.78 Å². The average Bonchev–Trinajstić information content (AvgIpc) is 2.15. The molecule has 1 aromatic carbocycles. The summed E-state index contributed by atoms with van der Waals surface area (Å²) >= 11 is 0. The van der Waals surface area contributed by atoms with Crippen LogP contribution in [0.4, 0.5) is 8.78 Å². The minimum Gasteiger partial charge on any atom is -0.477 e. The first-order valence-electron chi connectivity index (χ1n) is 5.05. The normalized spacial score (nSPS) is 13.5. The lowest BCUT2D eigenvalue weighted by Gasteiger charge is -2.22. The predicted octanol–water partition coefficient (Wildman–Crippen LogP) is 2.37. The number of aryl methyl sites for hydroxylation is 3. The smallest absolute Gasteiger partial charge is 0.377 e. The van der Waals surface area contributed by atoms with Crippen LogP contribution in [0.1, 0.15) is 28.4 Å². The third kappa shape index (κ3) is 2.44. The molecule has 0 heterocycles. The number of rotatable bonds is 3. The van der Waals surface area contributed by atoms with Crippen molar-refractivity contribution in [3.05, 3.63) is 34.4 Å². The third-order valence-electron chi connectivity index (χ3n) is 2.64. The van der Waals surface area contributed by atoms with Crippen LogP contribution >= 0.6 is 0 Å². The van der Waals surface area contributed by atoms with Crippen molar-refractivity contribution in [2.24, 2.45) is 0 Å². The monoisotopic (exact) mass is 244 g/mol. The topological polar surface area (TPSA) is 57.5 Å². The number of halogens is 2. The van der Waals surface area contributed by atoms with Crippen molar-refractivity contribution >= 4 is 5.97 Å². The molecule has 94 valence electrons. The van der Waals surface area contributed by atoms with Gasteiger partial charge in [0.15, 0.2) is 6.10 Å². The van der Waals surface area contributed by atoms with E-state index in [2.05, 4.69) is 0 Å². The van der Waals surface area contributed by atoms with Crippen LogP contribution in [0.2, 0.25) is 0 Å². The van der Waals surface area contributed by atoms with E-state index in [4.69, 9.17) is 5.11 Å². The zero-order chi connectivity index (χ0) is 13.4. The van der Waals surface area contributed by atoms with Gasteiger partial charge in [-0.3, -0.25) is 0 Å². The van der Waals surface area contributed by atoms with Crippen LogP contribution < -0.4 is 0 Å². The Hall–Kier alpha value is -1.49. The summed E-state index contributed by atoms with van der Waals surface area (Å²) in [5.41, 5.74) is 1.75. The zero-order valence-corrected chi connectivity index (χ0v) is 9.79. The van der Waals surface area contributed by atoms with Gasteiger partial charge < -0.3 is 10.2 Å². The van der Waals surface area contributed by atoms with Gasteiger partial charge in [-0.25, -0.2) is 4.79 Å². The van der Waals surface area contributed by atoms with E-state index < -0.39 is 18.0 Å². The molecule has 0 amide bonds. The molecule has 0 aliphatic rings. The maximum Gasteiger partial charge on any atom is 0.377 e. The first-order chi connectivity index (χ1) is 7.67. The Morgan fingerprint density at radius 1 is 1.24 bits per heavy atom. The van der Waals surface area contributed by atoms with Crippen molar-refractivity contribution in [1.82, 2.24) is 0 Å². The summed E-state index contributed by atoms with van der Waals surface area (Å²) in [7, 11) is 0. The molecule has 0 bridgehead atoms. The van der Waals surface area contributed by atoms with Gasteiger partial charge in [0.1, 0.15) is 0 Å². The number of aliphatic hydroxyl groups excluding tert-OH is 1. The average molecular weight is 244 g/mol. The molecule has 0 saturated heterocycles. The minimum atomic E-state index is -4.19. The van der Waals surface area contributed by atoms with Crippen molar-refractivity contribution in [1.29, 1.82) is 0 Å². The van der Waals surface area contributed by atoms with Crippen molar-refractivity contribution in [2.75, 3.05) is 0 Å². The third-order valence-corrected chi connectivity index (χ3v) is 2.64. The number of aliphatic hydroxyl groups is 1.